The topological polar surface area (TPSA) is 512 Å². The number of aliphatic hydroxyl groups excluding tert-OH is 1. The third-order valence-electron chi connectivity index (χ3n) is 16.6. The van der Waals surface area contributed by atoms with Gasteiger partial charge in [0, 0.05) is 81.1 Å². The van der Waals surface area contributed by atoms with Crippen molar-refractivity contribution < 1.29 is 72.9 Å². The third kappa shape index (κ3) is 23.7. The van der Waals surface area contributed by atoms with E-state index in [2.05, 4.69) is 67.8 Å². The summed E-state index contributed by atoms with van der Waals surface area (Å²) < 4.78 is 0. The molecule has 99 heavy (non-hydrogen) atoms. The molecule has 3 heterocycles. The number of fused-ring (bicyclic) bond motifs is 1. The lowest BCUT2D eigenvalue weighted by Crippen LogP contribution is -2.62. The van der Waals surface area contributed by atoms with Crippen molar-refractivity contribution in [1.82, 2.24) is 67.7 Å². The molecule has 0 bridgehead atoms. The number of nitrogens with one attached hydrogen (secondary N) is 11. The number of aliphatic carboxylic acids is 1. The van der Waals surface area contributed by atoms with Gasteiger partial charge in [-0.2, -0.15) is 0 Å². The van der Waals surface area contributed by atoms with E-state index in [0.717, 1.165) is 23.6 Å². The number of aryl methyl sites for hydroxylation is 3. The minimum absolute atomic E-state index is 0.0105. The number of carboxylic acid groups (broad SMARTS) is 1. The smallest absolute Gasteiger partial charge is 0.303 e. The standard InChI is InChI=1S/C67H91N17O15/c1-35(2)23-49(59(92)77-48(13-9-21-72-67(69)70)66(99)84-22-10-14-55(84)65(98)74-32-56(68)88)78-63(96)53(29-45-37(4)24-36(3)25-38(45)5)82-60(93)50(26-40-15-17-43(87)18-16-40)79-64(97)54(33-85)83-61(94)51(27-41-30-73-46-12-8-7-11-44(41)46)80-62(95)52(28-42-31-71-34-75-42)81-58(91)47(76-39(6)86)19-20-57(89)90/h7-8,11-12,15-18,24-25,30-31,34-35,47-55,73,85,87H,9-10,13-14,19-23,26-29,32-33H2,1-6H3,(H2,68,88)(H,71,75)(H,74,98)(H,76,86)(H,77,92)(H,78,96)(H,79,97)(H,80,95)(H,81,91)(H,82,93)(H,83,94)(H,89,90)(H4,69,70,72)/t47-,48-,49-,50-,51-,52-,53+,54-,55-/m0/s1. The monoisotopic (exact) mass is 1370 g/mol. The number of aromatic hydroxyl groups is 1. The molecule has 0 saturated carbocycles. The summed E-state index contributed by atoms with van der Waals surface area (Å²) in [7, 11) is 0. The molecule has 534 valence electrons. The molecule has 20 N–H and O–H groups in total. The van der Waals surface area contributed by atoms with Gasteiger partial charge in [0.2, 0.25) is 65.0 Å². The summed E-state index contributed by atoms with van der Waals surface area (Å²) in [6.45, 7) is 8.89. The Kier molecular flexibility index (Phi) is 28.8. The summed E-state index contributed by atoms with van der Waals surface area (Å²) >= 11 is 0. The maximum atomic E-state index is 15.2. The highest BCUT2D eigenvalue weighted by atomic mass is 16.4. The molecule has 2 aromatic heterocycles. The van der Waals surface area contributed by atoms with E-state index in [4.69, 9.17) is 17.2 Å². The molecule has 1 aliphatic heterocycles. The number of carboxylic acids is 1. The number of rotatable bonds is 37. The van der Waals surface area contributed by atoms with Crippen molar-refractivity contribution in [3.05, 3.63) is 118 Å². The van der Waals surface area contributed by atoms with Crippen LogP contribution >= 0.6 is 0 Å². The summed E-state index contributed by atoms with van der Waals surface area (Å²) in [6.07, 6.45) is 3.29. The van der Waals surface area contributed by atoms with Gasteiger partial charge in [0.15, 0.2) is 5.96 Å². The fourth-order valence-corrected chi connectivity index (χ4v) is 11.7. The number of likely N-dealkylation sites (tertiary alicyclic amines) is 1. The van der Waals surface area contributed by atoms with Crippen molar-refractivity contribution in [3.63, 3.8) is 0 Å². The van der Waals surface area contributed by atoms with Crippen LogP contribution in [0.25, 0.3) is 10.9 Å². The molecule has 1 aliphatic rings. The van der Waals surface area contributed by atoms with E-state index in [-0.39, 0.29) is 88.5 Å². The van der Waals surface area contributed by atoms with Crippen LogP contribution in [0.4, 0.5) is 0 Å². The lowest BCUT2D eigenvalue weighted by atomic mass is 9.93. The average molecular weight is 1370 g/mol. The molecule has 0 spiro atoms. The summed E-state index contributed by atoms with van der Waals surface area (Å²) in [5.74, 6) is -11.2. The molecular weight excluding hydrogens is 1280 g/mol. The number of primary amides is 1. The van der Waals surface area contributed by atoms with Gasteiger partial charge in [0.1, 0.15) is 60.1 Å². The first-order chi connectivity index (χ1) is 47.0. The maximum Gasteiger partial charge on any atom is 0.303 e. The van der Waals surface area contributed by atoms with Crippen molar-refractivity contribution in [1.29, 1.82) is 0 Å². The summed E-state index contributed by atoms with van der Waals surface area (Å²) in [5, 5.41) is 54.8. The molecular formula is C67H91N17O15. The fraction of sp³-hybridized carbons (Fsp3) is 0.463. The van der Waals surface area contributed by atoms with Crippen molar-refractivity contribution in [2.45, 2.75) is 167 Å². The number of hydrogen-bond acceptors (Lipinski definition) is 16. The highest BCUT2D eigenvalue weighted by Crippen LogP contribution is 2.24. The zero-order valence-electron chi connectivity index (χ0n) is 56.2. The number of H-pyrrole nitrogens is 2. The van der Waals surface area contributed by atoms with E-state index in [1.165, 1.54) is 41.7 Å². The van der Waals surface area contributed by atoms with Gasteiger partial charge in [-0.1, -0.05) is 61.9 Å². The van der Waals surface area contributed by atoms with Gasteiger partial charge >= 0.3 is 5.97 Å². The van der Waals surface area contributed by atoms with Crippen molar-refractivity contribution in [3.8, 4) is 5.75 Å². The normalized spacial score (nSPS) is 15.1. The molecule has 0 radical (unpaired) electrons. The fourth-order valence-electron chi connectivity index (χ4n) is 11.7. The number of aliphatic hydroxyl groups is 1. The van der Waals surface area contributed by atoms with E-state index in [0.29, 0.717) is 39.7 Å². The van der Waals surface area contributed by atoms with Gasteiger partial charge in [-0.05, 0) is 111 Å². The average Bonchev–Trinajstić information content (AvgIpc) is 1.82. The van der Waals surface area contributed by atoms with Gasteiger partial charge in [-0.15, -0.1) is 0 Å². The Morgan fingerprint density at radius 1 is 0.667 bits per heavy atom. The molecule has 1 saturated heterocycles. The minimum Gasteiger partial charge on any atom is -0.508 e. The number of hydrogen-bond donors (Lipinski definition) is 17. The Bertz CT molecular complexity index is 3700. The van der Waals surface area contributed by atoms with Crippen molar-refractivity contribution in [2.75, 3.05) is 26.2 Å². The van der Waals surface area contributed by atoms with Crippen LogP contribution in [0.2, 0.25) is 0 Å². The van der Waals surface area contributed by atoms with Crippen LogP contribution in [0.3, 0.4) is 0 Å². The maximum absolute atomic E-state index is 15.2. The predicted octanol–water partition coefficient (Wildman–Crippen LogP) is -1.76. The Morgan fingerprint density at radius 3 is 1.80 bits per heavy atom. The van der Waals surface area contributed by atoms with Gasteiger partial charge in [-0.3, -0.25) is 62.5 Å². The molecule has 0 aliphatic carbocycles. The first-order valence-corrected chi connectivity index (χ1v) is 32.5. The zero-order valence-corrected chi connectivity index (χ0v) is 56.2. The molecule has 3 aromatic carbocycles. The number of benzene rings is 3. The van der Waals surface area contributed by atoms with E-state index in [1.54, 1.807) is 44.3 Å². The number of phenolic OH excluding ortho intramolecular Hbond substituents is 1. The van der Waals surface area contributed by atoms with Gasteiger partial charge in [0.05, 0.1) is 19.5 Å². The number of amides is 11. The summed E-state index contributed by atoms with van der Waals surface area (Å²) in [4.78, 5) is 181. The number of aromatic amines is 2. The quantitative estimate of drug-likeness (QED) is 0.0119. The predicted molar refractivity (Wildman–Crippen MR) is 362 cm³/mol. The van der Waals surface area contributed by atoms with E-state index in [1.807, 2.05) is 32.9 Å². The van der Waals surface area contributed by atoms with Crippen LogP contribution in [0.5, 0.6) is 5.75 Å². The minimum atomic E-state index is -1.85. The second-order valence-corrected chi connectivity index (χ2v) is 25.0. The number of para-hydroxylation sites is 1. The van der Waals surface area contributed by atoms with E-state index >= 15 is 9.59 Å². The highest BCUT2D eigenvalue weighted by Gasteiger charge is 2.40. The van der Waals surface area contributed by atoms with E-state index in [9.17, 15) is 63.3 Å². The highest BCUT2D eigenvalue weighted by molar-refractivity contribution is 5.99. The summed E-state index contributed by atoms with van der Waals surface area (Å²) in [5.41, 5.74) is 21.4. The number of guanidine groups is 1. The summed E-state index contributed by atoms with van der Waals surface area (Å²) in [6, 6.07) is 3.33. The first-order valence-electron chi connectivity index (χ1n) is 32.5. The van der Waals surface area contributed by atoms with Gasteiger partial charge < -0.3 is 95.2 Å². The molecule has 1 fully saturated rings. The molecule has 5 aromatic rings. The van der Waals surface area contributed by atoms with Crippen molar-refractivity contribution in [2.24, 2.45) is 28.1 Å². The van der Waals surface area contributed by atoms with Crippen LogP contribution in [-0.2, 0) is 83.2 Å². The zero-order chi connectivity index (χ0) is 72.6. The lowest BCUT2D eigenvalue weighted by Gasteiger charge is -2.31. The molecule has 0 unspecified atom stereocenters. The Hall–Kier alpha value is -10.9. The third-order valence-corrected chi connectivity index (χ3v) is 16.6. The van der Waals surface area contributed by atoms with Crippen LogP contribution < -0.4 is 65.1 Å². The Balaban J connectivity index is 1.31. The first kappa shape index (κ1) is 77.1. The Labute approximate surface area is 571 Å². The number of carbonyl (C=O) groups excluding carboxylic acids is 11. The molecule has 9 atom stereocenters. The number of aromatic nitrogens is 3. The van der Waals surface area contributed by atoms with Gasteiger partial charge in [0.25, 0.3) is 0 Å². The van der Waals surface area contributed by atoms with Crippen LogP contribution in [0.15, 0.2) is 84.4 Å². The number of nitrogens with two attached hydrogens (primary N) is 3. The van der Waals surface area contributed by atoms with Crippen LogP contribution in [0.1, 0.15) is 105 Å². The number of imidazole rings is 1. The largest absolute Gasteiger partial charge is 0.508 e. The number of nitrogens with zero attached hydrogens (tertiary/aromatic N) is 3. The number of aliphatic imine (C=N–C) groups is 1. The SMILES string of the molecule is CC(=O)N[C@@H](CCC(=O)O)C(=O)N[C@@H](Cc1cnc[nH]1)C(=O)N[C@@H](Cc1c[nH]c2ccccc12)C(=O)N[C@@H](CO)C(=O)N[C@@H](Cc1ccc(O)cc1)C(=O)N[C@H](Cc1c(C)cc(C)cc1C)C(=O)N[C@@H](CC(C)C)C(=O)N[C@@H](CCCN=C(N)N)C(=O)N1CCC[C@H]1C(=O)NCC(N)=O. The van der Waals surface area contributed by atoms with Gasteiger partial charge in [-0.25, -0.2) is 4.98 Å². The molecule has 32 nitrogen and oxygen atoms in total. The second-order valence-electron chi connectivity index (χ2n) is 25.0. The Morgan fingerprint density at radius 2 is 1.22 bits per heavy atom. The molecule has 6 rings (SSSR count). The van der Waals surface area contributed by atoms with Crippen LogP contribution in [0, 0.1) is 26.7 Å². The van der Waals surface area contributed by atoms with E-state index < -0.39 is 145 Å². The lowest BCUT2D eigenvalue weighted by molar-refractivity contribution is -0.142. The molecule has 11 amide bonds. The van der Waals surface area contributed by atoms with Crippen molar-refractivity contribution >= 4 is 87.8 Å². The van der Waals surface area contributed by atoms with Crippen LogP contribution in [-0.4, -0.2) is 193 Å². The second kappa shape index (κ2) is 37.0. The number of phenols is 1. The number of carbonyl (C=O) groups is 12. The molecule has 32 heteroatoms.